The summed E-state index contributed by atoms with van der Waals surface area (Å²) in [5.74, 6) is 0.178. The quantitative estimate of drug-likeness (QED) is 0.700. The van der Waals surface area contributed by atoms with Crippen molar-refractivity contribution in [1.29, 1.82) is 0 Å². The Labute approximate surface area is 159 Å². The first-order valence-corrected chi connectivity index (χ1v) is 12.1. The molecule has 6 heteroatoms. The summed E-state index contributed by atoms with van der Waals surface area (Å²) in [6.07, 6.45) is 0.539. The zero-order valence-corrected chi connectivity index (χ0v) is 18.1. The van der Waals surface area contributed by atoms with Gasteiger partial charge in [-0.05, 0) is 30.5 Å². The Kier molecular flexibility index (Phi) is 6.88. The topological polar surface area (TPSA) is 48.0 Å². The molecule has 0 radical (unpaired) electrons. The van der Waals surface area contributed by atoms with Crippen LogP contribution in [-0.4, -0.2) is 46.0 Å². The van der Waals surface area contributed by atoms with E-state index in [1.807, 2.05) is 30.3 Å². The van der Waals surface area contributed by atoms with Gasteiger partial charge in [0.1, 0.15) is 6.61 Å². The number of rotatable bonds is 6. The molecule has 0 aromatic heterocycles. The molecule has 1 fully saturated rings. The maximum Gasteiger partial charge on any atom is 0.412 e. The van der Waals surface area contributed by atoms with Gasteiger partial charge < -0.3 is 13.9 Å². The second kappa shape index (κ2) is 8.54. The van der Waals surface area contributed by atoms with Gasteiger partial charge in [-0.1, -0.05) is 51.1 Å². The van der Waals surface area contributed by atoms with E-state index in [0.717, 1.165) is 12.0 Å². The third kappa shape index (κ3) is 4.67. The van der Waals surface area contributed by atoms with Crippen molar-refractivity contribution in [3.63, 3.8) is 0 Å². The van der Waals surface area contributed by atoms with Gasteiger partial charge in [0.2, 0.25) is 0 Å². The smallest absolute Gasteiger partial charge is 0.412 e. The van der Waals surface area contributed by atoms with E-state index in [2.05, 4.69) is 33.9 Å². The van der Waals surface area contributed by atoms with Crippen molar-refractivity contribution in [3.8, 4) is 0 Å². The highest BCUT2D eigenvalue weighted by Crippen LogP contribution is 2.46. The Bertz CT molecular complexity index is 587. The first-order chi connectivity index (χ1) is 12.2. The summed E-state index contributed by atoms with van der Waals surface area (Å²) in [7, 11) is 0.425. The molecule has 146 valence electrons. The van der Waals surface area contributed by atoms with Crippen molar-refractivity contribution < 1.29 is 18.7 Å². The normalized spacial score (nSPS) is 23.5. The van der Waals surface area contributed by atoms with Gasteiger partial charge >= 0.3 is 6.09 Å². The van der Waals surface area contributed by atoms with Gasteiger partial charge in [0.05, 0.1) is 6.61 Å². The average molecular weight is 380 g/mol. The number of carbonyl (C=O) groups is 1. The molecule has 0 unspecified atom stereocenters. The van der Waals surface area contributed by atoms with Crippen molar-refractivity contribution in [3.05, 3.63) is 35.9 Å². The predicted molar refractivity (Wildman–Crippen MR) is 105 cm³/mol. The molecule has 1 heterocycles. The molecule has 0 N–H and O–H groups in total. The van der Waals surface area contributed by atoms with Gasteiger partial charge in [-0.2, -0.15) is 0 Å². The van der Waals surface area contributed by atoms with E-state index in [4.69, 9.17) is 13.9 Å². The Hall–Kier alpha value is -1.37. The first kappa shape index (κ1) is 20.9. The molecule has 0 saturated carbocycles. The van der Waals surface area contributed by atoms with Crippen LogP contribution in [0.4, 0.5) is 4.79 Å². The second-order valence-electron chi connectivity index (χ2n) is 8.31. The van der Waals surface area contributed by atoms with Crippen LogP contribution in [0.1, 0.15) is 32.8 Å². The molecule has 2 atom stereocenters. The highest BCUT2D eigenvalue weighted by atomic mass is 28.3. The highest BCUT2D eigenvalue weighted by Gasteiger charge is 2.56. The summed E-state index contributed by atoms with van der Waals surface area (Å²) in [5.41, 5.74) is 0.191. The number of methoxy groups -OCH3 is 1. The van der Waals surface area contributed by atoms with E-state index in [1.54, 1.807) is 12.0 Å². The highest BCUT2D eigenvalue weighted by molar-refractivity contribution is 6.48. The third-order valence-corrected chi connectivity index (χ3v) is 5.92. The predicted octanol–water partition coefficient (Wildman–Crippen LogP) is 4.03. The summed E-state index contributed by atoms with van der Waals surface area (Å²) in [6.45, 7) is 12.1. The molecule has 2 rings (SSSR count). The molecule has 1 amide bonds. The number of benzene rings is 1. The molecule has 1 aromatic rings. The van der Waals surface area contributed by atoms with Crippen LogP contribution in [0.15, 0.2) is 30.3 Å². The molecule has 0 spiro atoms. The third-order valence-electron chi connectivity index (χ3n) is 5.09. The van der Waals surface area contributed by atoms with Gasteiger partial charge in [0, 0.05) is 19.6 Å². The van der Waals surface area contributed by atoms with Gasteiger partial charge in [0.15, 0.2) is 14.8 Å². The number of carbonyl (C=O) groups excluding carboxylic acids is 1. The molecule has 0 aliphatic carbocycles. The van der Waals surface area contributed by atoms with Gasteiger partial charge in [-0.15, -0.1) is 0 Å². The van der Waals surface area contributed by atoms with Crippen LogP contribution in [-0.2, 0) is 20.5 Å². The largest absolute Gasteiger partial charge is 0.444 e. The molecular formula is C20H33NO4Si. The SMILES string of the molecule is CO[C@@]1(CO[SiH](C)C)[C@H](C(C)(C)C)CCN1C(=O)OCc1ccccc1. The molecule has 5 nitrogen and oxygen atoms in total. The second-order valence-corrected chi connectivity index (χ2v) is 10.7. The molecule has 0 bridgehead atoms. The fourth-order valence-electron chi connectivity index (χ4n) is 3.79. The first-order valence-electron chi connectivity index (χ1n) is 9.36. The zero-order chi connectivity index (χ0) is 19.4. The van der Waals surface area contributed by atoms with Crippen LogP contribution in [0.2, 0.25) is 13.1 Å². The van der Waals surface area contributed by atoms with Crippen molar-refractivity contribution in [2.24, 2.45) is 11.3 Å². The number of ether oxygens (including phenoxy) is 2. The summed E-state index contributed by atoms with van der Waals surface area (Å²) >= 11 is 0. The zero-order valence-electron chi connectivity index (χ0n) is 17.0. The van der Waals surface area contributed by atoms with Crippen molar-refractivity contribution in [1.82, 2.24) is 4.90 Å². The Morgan fingerprint density at radius 1 is 1.27 bits per heavy atom. The van der Waals surface area contributed by atoms with Gasteiger partial charge in [-0.3, -0.25) is 4.90 Å². The van der Waals surface area contributed by atoms with Crippen LogP contribution in [0.5, 0.6) is 0 Å². The minimum Gasteiger partial charge on any atom is -0.444 e. The average Bonchev–Trinajstić information content (AvgIpc) is 2.99. The molecule has 26 heavy (non-hydrogen) atoms. The van der Waals surface area contributed by atoms with E-state index in [0.29, 0.717) is 13.2 Å². The Morgan fingerprint density at radius 2 is 1.92 bits per heavy atom. The Morgan fingerprint density at radius 3 is 2.46 bits per heavy atom. The monoisotopic (exact) mass is 379 g/mol. The van der Waals surface area contributed by atoms with Crippen LogP contribution in [0.25, 0.3) is 0 Å². The van der Waals surface area contributed by atoms with Gasteiger partial charge in [0.25, 0.3) is 0 Å². The van der Waals surface area contributed by atoms with E-state index in [-0.39, 0.29) is 24.0 Å². The van der Waals surface area contributed by atoms with Crippen molar-refractivity contribution >= 4 is 15.1 Å². The standard InChI is InChI=1S/C20H33NO4Si/c1-19(2,3)17-12-13-21(20(17,23-4)15-25-26(5)6)18(22)24-14-16-10-8-7-9-11-16/h7-11,17,26H,12-15H2,1-6H3/t17-,20-/m0/s1. The van der Waals surface area contributed by atoms with Gasteiger partial charge in [-0.25, -0.2) is 4.79 Å². The summed E-state index contributed by atoms with van der Waals surface area (Å²) in [4.78, 5) is 14.6. The minimum atomic E-state index is -1.25. The number of likely N-dealkylation sites (tertiary alicyclic amines) is 1. The molecule has 1 aliphatic rings. The van der Waals surface area contributed by atoms with E-state index in [1.165, 1.54) is 0 Å². The Balaban J connectivity index is 2.19. The fourth-order valence-corrected chi connectivity index (χ4v) is 4.36. The minimum absolute atomic E-state index is 0.00757. The maximum absolute atomic E-state index is 12.9. The molecule has 1 saturated heterocycles. The number of hydrogen-bond acceptors (Lipinski definition) is 4. The van der Waals surface area contributed by atoms with Crippen LogP contribution in [0.3, 0.4) is 0 Å². The van der Waals surface area contributed by atoms with Crippen LogP contribution >= 0.6 is 0 Å². The molecular weight excluding hydrogens is 346 g/mol. The summed E-state index contributed by atoms with van der Waals surface area (Å²) in [6, 6.07) is 9.73. The summed E-state index contributed by atoms with van der Waals surface area (Å²) < 4.78 is 17.6. The van der Waals surface area contributed by atoms with Crippen molar-refractivity contribution in [2.45, 2.75) is 52.6 Å². The lowest BCUT2D eigenvalue weighted by Crippen LogP contribution is -2.58. The van der Waals surface area contributed by atoms with E-state index < -0.39 is 14.8 Å². The number of amides is 1. The summed E-state index contributed by atoms with van der Waals surface area (Å²) in [5, 5.41) is 0. The maximum atomic E-state index is 12.9. The van der Waals surface area contributed by atoms with Crippen LogP contribution < -0.4 is 0 Å². The lowest BCUT2D eigenvalue weighted by atomic mass is 9.74. The van der Waals surface area contributed by atoms with E-state index >= 15 is 0 Å². The fraction of sp³-hybridized carbons (Fsp3) is 0.650. The van der Waals surface area contributed by atoms with Crippen LogP contribution in [0, 0.1) is 11.3 Å². The number of nitrogens with zero attached hydrogens (tertiary/aromatic N) is 1. The molecule has 1 aliphatic heterocycles. The number of hydrogen-bond donors (Lipinski definition) is 0. The molecule has 1 aromatic carbocycles. The lowest BCUT2D eigenvalue weighted by molar-refractivity contribution is -0.169. The lowest BCUT2D eigenvalue weighted by Gasteiger charge is -2.45. The van der Waals surface area contributed by atoms with Crippen molar-refractivity contribution in [2.75, 3.05) is 20.3 Å². The van der Waals surface area contributed by atoms with E-state index in [9.17, 15) is 4.79 Å².